The Morgan fingerprint density at radius 2 is 2.18 bits per heavy atom. The molecule has 0 atom stereocenters. The molecule has 0 saturated heterocycles. The first-order chi connectivity index (χ1) is 7.96. The molecule has 1 aliphatic heterocycles. The average Bonchev–Trinajstić information content (AvgIpc) is 2.27. The molecule has 17 heavy (non-hydrogen) atoms. The predicted molar refractivity (Wildman–Crippen MR) is 68.7 cm³/mol. The van der Waals surface area contributed by atoms with Gasteiger partial charge in [-0.05, 0) is 38.3 Å². The molecule has 2 N–H and O–H groups in total. The van der Waals surface area contributed by atoms with Crippen molar-refractivity contribution in [3.8, 4) is 0 Å². The van der Waals surface area contributed by atoms with Gasteiger partial charge in [-0.1, -0.05) is 23.8 Å². The number of carbonyl (C=O) groups is 1. The van der Waals surface area contributed by atoms with Gasteiger partial charge in [0.25, 0.3) is 0 Å². The van der Waals surface area contributed by atoms with Crippen molar-refractivity contribution in [2.24, 2.45) is 5.73 Å². The molecule has 1 heterocycles. The van der Waals surface area contributed by atoms with Crippen molar-refractivity contribution >= 4 is 5.91 Å². The monoisotopic (exact) mass is 232 g/mol. The quantitative estimate of drug-likeness (QED) is 0.799. The summed E-state index contributed by atoms with van der Waals surface area (Å²) >= 11 is 0. The molecule has 92 valence electrons. The molecule has 3 heteroatoms. The highest BCUT2D eigenvalue weighted by Gasteiger charge is 2.36. The van der Waals surface area contributed by atoms with E-state index < -0.39 is 0 Å². The molecule has 0 bridgehead atoms. The SMILES string of the molecule is Cc1ccc2c(c1)CCN(C(=O)CN)C2(C)C. The summed E-state index contributed by atoms with van der Waals surface area (Å²) in [6, 6.07) is 6.47. The first-order valence-electron chi connectivity index (χ1n) is 6.07. The van der Waals surface area contributed by atoms with Gasteiger partial charge in [-0.25, -0.2) is 0 Å². The van der Waals surface area contributed by atoms with E-state index in [1.807, 2.05) is 4.90 Å². The van der Waals surface area contributed by atoms with Gasteiger partial charge in [-0.3, -0.25) is 4.79 Å². The lowest BCUT2D eigenvalue weighted by molar-refractivity contribution is -0.135. The molecule has 0 saturated carbocycles. The molecule has 0 aliphatic carbocycles. The van der Waals surface area contributed by atoms with E-state index in [4.69, 9.17) is 5.73 Å². The summed E-state index contributed by atoms with van der Waals surface area (Å²) in [5, 5.41) is 0. The van der Waals surface area contributed by atoms with Crippen molar-refractivity contribution in [2.75, 3.05) is 13.1 Å². The second kappa shape index (κ2) is 4.15. The number of nitrogens with zero attached hydrogens (tertiary/aromatic N) is 1. The number of rotatable bonds is 1. The summed E-state index contributed by atoms with van der Waals surface area (Å²) in [7, 11) is 0. The normalized spacial score (nSPS) is 17.8. The number of carbonyl (C=O) groups excluding carboxylic acids is 1. The molecule has 1 aromatic rings. The maximum atomic E-state index is 11.9. The molecule has 3 nitrogen and oxygen atoms in total. The van der Waals surface area contributed by atoms with E-state index in [0.717, 1.165) is 13.0 Å². The highest BCUT2D eigenvalue weighted by Crippen LogP contribution is 2.35. The highest BCUT2D eigenvalue weighted by atomic mass is 16.2. The first kappa shape index (κ1) is 12.1. The van der Waals surface area contributed by atoms with Gasteiger partial charge in [0.05, 0.1) is 12.1 Å². The Balaban J connectivity index is 2.45. The van der Waals surface area contributed by atoms with Crippen LogP contribution in [0, 0.1) is 6.92 Å². The van der Waals surface area contributed by atoms with Crippen LogP contribution in [0.1, 0.15) is 30.5 Å². The molecule has 0 unspecified atom stereocenters. The van der Waals surface area contributed by atoms with Gasteiger partial charge in [-0.15, -0.1) is 0 Å². The molecule has 0 radical (unpaired) electrons. The predicted octanol–water partition coefficient (Wildman–Crippen LogP) is 1.57. The van der Waals surface area contributed by atoms with Gasteiger partial charge in [0, 0.05) is 6.54 Å². The van der Waals surface area contributed by atoms with Crippen molar-refractivity contribution in [3.05, 3.63) is 34.9 Å². The Hall–Kier alpha value is -1.35. The third-order valence-electron chi connectivity index (χ3n) is 3.68. The van der Waals surface area contributed by atoms with E-state index in [9.17, 15) is 4.79 Å². The van der Waals surface area contributed by atoms with E-state index >= 15 is 0 Å². The van der Waals surface area contributed by atoms with Crippen molar-refractivity contribution in [1.82, 2.24) is 4.90 Å². The lowest BCUT2D eigenvalue weighted by atomic mass is 9.82. The zero-order chi connectivity index (χ0) is 12.6. The van der Waals surface area contributed by atoms with Crippen LogP contribution in [0.3, 0.4) is 0 Å². The standard InChI is InChI=1S/C14H20N2O/c1-10-4-5-12-11(8-10)6-7-16(13(17)9-15)14(12,2)3/h4-5,8H,6-7,9,15H2,1-3H3. The number of aryl methyl sites for hydroxylation is 1. The Labute approximate surface area is 103 Å². The van der Waals surface area contributed by atoms with Crippen LogP contribution in [0.25, 0.3) is 0 Å². The minimum atomic E-state index is -0.252. The summed E-state index contributed by atoms with van der Waals surface area (Å²) in [6.07, 6.45) is 0.923. The summed E-state index contributed by atoms with van der Waals surface area (Å²) in [4.78, 5) is 13.8. The van der Waals surface area contributed by atoms with Crippen LogP contribution in [-0.4, -0.2) is 23.9 Å². The number of fused-ring (bicyclic) bond motifs is 1. The lowest BCUT2D eigenvalue weighted by Crippen LogP contribution is -2.51. The number of nitrogens with two attached hydrogens (primary N) is 1. The van der Waals surface area contributed by atoms with E-state index in [2.05, 4.69) is 39.0 Å². The van der Waals surface area contributed by atoms with Crippen LogP contribution in [0.5, 0.6) is 0 Å². The van der Waals surface area contributed by atoms with Gasteiger partial charge in [-0.2, -0.15) is 0 Å². The Bertz CT molecular complexity index is 452. The Morgan fingerprint density at radius 1 is 1.47 bits per heavy atom. The number of hydrogen-bond donors (Lipinski definition) is 1. The van der Waals surface area contributed by atoms with Crippen molar-refractivity contribution in [2.45, 2.75) is 32.7 Å². The maximum Gasteiger partial charge on any atom is 0.237 e. The maximum absolute atomic E-state index is 11.9. The average molecular weight is 232 g/mol. The third-order valence-corrected chi connectivity index (χ3v) is 3.68. The van der Waals surface area contributed by atoms with Crippen molar-refractivity contribution in [1.29, 1.82) is 0 Å². The second-order valence-electron chi connectivity index (χ2n) is 5.22. The van der Waals surface area contributed by atoms with Crippen LogP contribution in [0.4, 0.5) is 0 Å². The summed E-state index contributed by atoms with van der Waals surface area (Å²) in [5.74, 6) is 0.0289. The minimum absolute atomic E-state index is 0.0289. The smallest absolute Gasteiger partial charge is 0.237 e. The van der Waals surface area contributed by atoms with Gasteiger partial charge >= 0.3 is 0 Å². The summed E-state index contributed by atoms with van der Waals surface area (Å²) in [6.45, 7) is 7.14. The fraction of sp³-hybridized carbons (Fsp3) is 0.500. The zero-order valence-corrected chi connectivity index (χ0v) is 10.8. The molecule has 1 aromatic carbocycles. The van der Waals surface area contributed by atoms with Crippen LogP contribution in [0.15, 0.2) is 18.2 Å². The first-order valence-corrected chi connectivity index (χ1v) is 6.07. The number of benzene rings is 1. The van der Waals surface area contributed by atoms with Crippen LogP contribution < -0.4 is 5.73 Å². The van der Waals surface area contributed by atoms with Crippen LogP contribution >= 0.6 is 0 Å². The minimum Gasteiger partial charge on any atom is -0.332 e. The van der Waals surface area contributed by atoms with Crippen LogP contribution in [-0.2, 0) is 16.8 Å². The van der Waals surface area contributed by atoms with Crippen molar-refractivity contribution in [3.63, 3.8) is 0 Å². The highest BCUT2D eigenvalue weighted by molar-refractivity contribution is 5.79. The molecule has 1 amide bonds. The summed E-state index contributed by atoms with van der Waals surface area (Å²) < 4.78 is 0. The molecule has 0 aromatic heterocycles. The van der Waals surface area contributed by atoms with E-state index in [-0.39, 0.29) is 18.0 Å². The van der Waals surface area contributed by atoms with E-state index in [1.54, 1.807) is 0 Å². The molecular formula is C14H20N2O. The molecule has 1 aliphatic rings. The Morgan fingerprint density at radius 3 is 2.82 bits per heavy atom. The van der Waals surface area contributed by atoms with E-state index in [1.165, 1.54) is 16.7 Å². The van der Waals surface area contributed by atoms with Gasteiger partial charge in [0.15, 0.2) is 0 Å². The lowest BCUT2D eigenvalue weighted by Gasteiger charge is -2.44. The molecule has 0 fully saturated rings. The van der Waals surface area contributed by atoms with Crippen LogP contribution in [0.2, 0.25) is 0 Å². The second-order valence-corrected chi connectivity index (χ2v) is 5.22. The number of hydrogen-bond acceptors (Lipinski definition) is 2. The topological polar surface area (TPSA) is 46.3 Å². The fourth-order valence-corrected chi connectivity index (χ4v) is 2.73. The molecule has 0 spiro atoms. The Kier molecular flexibility index (Phi) is 2.96. The van der Waals surface area contributed by atoms with Gasteiger partial charge < -0.3 is 10.6 Å². The number of amides is 1. The summed E-state index contributed by atoms with van der Waals surface area (Å²) in [5.41, 5.74) is 9.10. The largest absolute Gasteiger partial charge is 0.332 e. The third kappa shape index (κ3) is 1.95. The molecular weight excluding hydrogens is 212 g/mol. The van der Waals surface area contributed by atoms with E-state index in [0.29, 0.717) is 0 Å². The fourth-order valence-electron chi connectivity index (χ4n) is 2.73. The zero-order valence-electron chi connectivity index (χ0n) is 10.8. The van der Waals surface area contributed by atoms with Crippen molar-refractivity contribution < 1.29 is 4.79 Å². The molecule has 2 rings (SSSR count). The van der Waals surface area contributed by atoms with Gasteiger partial charge in [0.1, 0.15) is 0 Å². The van der Waals surface area contributed by atoms with Gasteiger partial charge in [0.2, 0.25) is 5.91 Å².